The Balaban J connectivity index is 1.12. The summed E-state index contributed by atoms with van der Waals surface area (Å²) in [5, 5.41) is 4.73. The van der Waals surface area contributed by atoms with E-state index in [2.05, 4.69) is 211 Å². The molecule has 0 saturated carbocycles. The maximum Gasteiger partial charge on any atom is 0.143 e. The molecular formula is C54H35NO. The lowest BCUT2D eigenvalue weighted by atomic mass is 9.91. The predicted molar refractivity (Wildman–Crippen MR) is 235 cm³/mol. The molecule has 262 valence electrons. The van der Waals surface area contributed by atoms with E-state index < -0.39 is 0 Å². The molecule has 0 fully saturated rings. The summed E-state index contributed by atoms with van der Waals surface area (Å²) in [4.78, 5) is 0. The number of hydrogen-bond acceptors (Lipinski definition) is 1. The summed E-state index contributed by atoms with van der Waals surface area (Å²) in [6.07, 6.45) is 0. The molecular weight excluding hydrogens is 679 g/mol. The average molecular weight is 714 g/mol. The fraction of sp³-hybridized carbons (Fsp3) is 0. The van der Waals surface area contributed by atoms with E-state index in [0.29, 0.717) is 0 Å². The summed E-state index contributed by atoms with van der Waals surface area (Å²) in [5.74, 6) is 0. The van der Waals surface area contributed by atoms with Gasteiger partial charge in [-0.2, -0.15) is 0 Å². The lowest BCUT2D eigenvalue weighted by Crippen LogP contribution is -1.94. The van der Waals surface area contributed by atoms with Crippen LogP contribution in [-0.2, 0) is 0 Å². The van der Waals surface area contributed by atoms with Crippen LogP contribution < -0.4 is 0 Å². The topological polar surface area (TPSA) is 18.1 Å². The molecule has 0 atom stereocenters. The number of nitrogens with zero attached hydrogens (tertiary/aromatic N) is 1. The van der Waals surface area contributed by atoms with Gasteiger partial charge >= 0.3 is 0 Å². The standard InChI is InChI=1S/C54H35NO/c1-3-13-36(14-4-1)38-25-27-39(28-26-38)42-31-43(33-44(32-42)46-21-12-22-50-49-20-8-10-24-53(49)56-54(46)50)41-29-30-48-47-19-7-9-23-51(47)55(52(48)35-41)45-18-11-17-40(34-45)37-15-5-2-6-16-37/h1-35H. The highest BCUT2D eigenvalue weighted by molar-refractivity contribution is 6.11. The van der Waals surface area contributed by atoms with Crippen LogP contribution in [0.1, 0.15) is 0 Å². The van der Waals surface area contributed by atoms with Gasteiger partial charge in [-0.25, -0.2) is 0 Å². The minimum atomic E-state index is 0.900. The molecule has 0 saturated heterocycles. The highest BCUT2D eigenvalue weighted by atomic mass is 16.3. The largest absolute Gasteiger partial charge is 0.455 e. The summed E-state index contributed by atoms with van der Waals surface area (Å²) in [5.41, 5.74) is 16.9. The van der Waals surface area contributed by atoms with Crippen molar-refractivity contribution in [3.8, 4) is 61.3 Å². The summed E-state index contributed by atoms with van der Waals surface area (Å²) < 4.78 is 9.01. The fourth-order valence-corrected chi connectivity index (χ4v) is 8.46. The van der Waals surface area contributed by atoms with Crippen LogP contribution in [0.3, 0.4) is 0 Å². The second-order valence-electron chi connectivity index (χ2n) is 14.5. The van der Waals surface area contributed by atoms with E-state index in [9.17, 15) is 0 Å². The molecule has 0 aliphatic rings. The first kappa shape index (κ1) is 32.0. The number of fused-ring (bicyclic) bond motifs is 6. The monoisotopic (exact) mass is 713 g/mol. The Morgan fingerprint density at radius 2 is 0.804 bits per heavy atom. The van der Waals surface area contributed by atoms with Crippen LogP contribution in [0, 0.1) is 0 Å². The van der Waals surface area contributed by atoms with E-state index in [1.165, 1.54) is 44.1 Å². The molecule has 0 bridgehead atoms. The molecule has 0 amide bonds. The maximum atomic E-state index is 6.59. The first-order valence-corrected chi connectivity index (χ1v) is 19.2. The minimum absolute atomic E-state index is 0.900. The summed E-state index contributed by atoms with van der Waals surface area (Å²) in [6, 6.07) is 76.5. The van der Waals surface area contributed by atoms with Crippen LogP contribution in [0.5, 0.6) is 0 Å². The Bertz CT molecular complexity index is 3220. The van der Waals surface area contributed by atoms with Crippen molar-refractivity contribution >= 4 is 43.7 Å². The van der Waals surface area contributed by atoms with Gasteiger partial charge in [-0.3, -0.25) is 0 Å². The van der Waals surface area contributed by atoms with Crippen LogP contribution in [-0.4, -0.2) is 4.57 Å². The van der Waals surface area contributed by atoms with E-state index in [4.69, 9.17) is 4.42 Å². The van der Waals surface area contributed by atoms with Gasteiger partial charge in [0.2, 0.25) is 0 Å². The van der Waals surface area contributed by atoms with Gasteiger partial charge in [0.1, 0.15) is 11.2 Å². The lowest BCUT2D eigenvalue weighted by molar-refractivity contribution is 0.670. The molecule has 9 aromatic carbocycles. The van der Waals surface area contributed by atoms with Crippen LogP contribution in [0.2, 0.25) is 0 Å². The van der Waals surface area contributed by atoms with Crippen molar-refractivity contribution in [1.82, 2.24) is 4.57 Å². The van der Waals surface area contributed by atoms with Crippen molar-refractivity contribution in [2.45, 2.75) is 0 Å². The molecule has 11 rings (SSSR count). The molecule has 2 aromatic heterocycles. The molecule has 0 N–H and O–H groups in total. The van der Waals surface area contributed by atoms with Crippen molar-refractivity contribution in [3.05, 3.63) is 212 Å². The average Bonchev–Trinajstić information content (AvgIpc) is 3.83. The molecule has 2 heteroatoms. The number of para-hydroxylation sites is 3. The van der Waals surface area contributed by atoms with Crippen LogP contribution >= 0.6 is 0 Å². The van der Waals surface area contributed by atoms with E-state index >= 15 is 0 Å². The molecule has 56 heavy (non-hydrogen) atoms. The van der Waals surface area contributed by atoms with E-state index in [-0.39, 0.29) is 0 Å². The molecule has 2 heterocycles. The first-order chi connectivity index (χ1) is 27.7. The predicted octanol–water partition coefficient (Wildman–Crippen LogP) is 15.0. The number of aromatic nitrogens is 1. The van der Waals surface area contributed by atoms with Crippen molar-refractivity contribution in [2.24, 2.45) is 0 Å². The van der Waals surface area contributed by atoms with Gasteiger partial charge in [-0.15, -0.1) is 0 Å². The quantitative estimate of drug-likeness (QED) is 0.168. The van der Waals surface area contributed by atoms with Gasteiger partial charge in [0.05, 0.1) is 11.0 Å². The van der Waals surface area contributed by atoms with Crippen molar-refractivity contribution in [1.29, 1.82) is 0 Å². The molecule has 0 spiro atoms. The Hall–Kier alpha value is -7.42. The summed E-state index contributed by atoms with van der Waals surface area (Å²) >= 11 is 0. The third-order valence-electron chi connectivity index (χ3n) is 11.2. The highest BCUT2D eigenvalue weighted by Crippen LogP contribution is 2.41. The normalized spacial score (nSPS) is 11.6. The highest BCUT2D eigenvalue weighted by Gasteiger charge is 2.17. The summed E-state index contributed by atoms with van der Waals surface area (Å²) in [6.45, 7) is 0. The van der Waals surface area contributed by atoms with Crippen LogP contribution in [0.4, 0.5) is 0 Å². The van der Waals surface area contributed by atoms with E-state index in [1.807, 2.05) is 6.07 Å². The number of benzene rings is 9. The van der Waals surface area contributed by atoms with Crippen LogP contribution in [0.15, 0.2) is 217 Å². The number of furan rings is 1. The third-order valence-corrected chi connectivity index (χ3v) is 11.2. The van der Waals surface area contributed by atoms with E-state index in [1.54, 1.807) is 0 Å². The molecule has 11 aromatic rings. The number of hydrogen-bond donors (Lipinski definition) is 0. The Kier molecular flexibility index (Phi) is 7.53. The second-order valence-corrected chi connectivity index (χ2v) is 14.5. The van der Waals surface area contributed by atoms with Crippen molar-refractivity contribution < 1.29 is 4.42 Å². The Labute approximate surface area is 325 Å². The SMILES string of the molecule is c1ccc(-c2ccc(-c3cc(-c4ccc5c6ccccc6n(-c6cccc(-c7ccccc7)c6)c5c4)cc(-c4cccc5c4oc4ccccc45)c3)cc2)cc1. The second kappa shape index (κ2) is 13.2. The van der Waals surface area contributed by atoms with Crippen molar-refractivity contribution in [2.75, 3.05) is 0 Å². The molecule has 2 nitrogen and oxygen atoms in total. The lowest BCUT2D eigenvalue weighted by Gasteiger charge is -2.14. The molecule has 0 aliphatic carbocycles. The molecule has 0 radical (unpaired) electrons. The summed E-state index contributed by atoms with van der Waals surface area (Å²) in [7, 11) is 0. The third kappa shape index (κ3) is 5.42. The maximum absolute atomic E-state index is 6.59. The zero-order valence-corrected chi connectivity index (χ0v) is 30.6. The fourth-order valence-electron chi connectivity index (χ4n) is 8.46. The Morgan fingerprint density at radius 3 is 1.59 bits per heavy atom. The zero-order valence-electron chi connectivity index (χ0n) is 30.6. The van der Waals surface area contributed by atoms with Gasteiger partial charge in [0, 0.05) is 32.8 Å². The first-order valence-electron chi connectivity index (χ1n) is 19.2. The minimum Gasteiger partial charge on any atom is -0.455 e. The zero-order chi connectivity index (χ0) is 37.0. The molecule has 0 aliphatic heterocycles. The van der Waals surface area contributed by atoms with Crippen molar-refractivity contribution in [3.63, 3.8) is 0 Å². The van der Waals surface area contributed by atoms with E-state index in [0.717, 1.165) is 61.0 Å². The smallest absolute Gasteiger partial charge is 0.143 e. The van der Waals surface area contributed by atoms with Gasteiger partial charge in [0.25, 0.3) is 0 Å². The van der Waals surface area contributed by atoms with Gasteiger partial charge in [0.15, 0.2) is 0 Å². The van der Waals surface area contributed by atoms with Gasteiger partial charge < -0.3 is 8.98 Å². The van der Waals surface area contributed by atoms with Crippen LogP contribution in [0.25, 0.3) is 105 Å². The Morgan fingerprint density at radius 1 is 0.286 bits per heavy atom. The van der Waals surface area contributed by atoms with Gasteiger partial charge in [-0.05, 0) is 98.6 Å². The molecule has 0 unspecified atom stereocenters. The number of rotatable bonds is 6. The van der Waals surface area contributed by atoms with Gasteiger partial charge in [-0.1, -0.05) is 164 Å².